The van der Waals surface area contributed by atoms with Crippen LogP contribution in [0.2, 0.25) is 0 Å². The normalized spacial score (nSPS) is 7.00. The van der Waals surface area contributed by atoms with Gasteiger partial charge < -0.3 is 9.79 Å². The number of hydrogen-bond acceptors (Lipinski definition) is 1. The molecule has 0 saturated carbocycles. The SMILES string of the molecule is O=[PH](O)O.[Cr]. The second-order valence-electron chi connectivity index (χ2n) is 0.283. The van der Waals surface area contributed by atoms with Crippen LogP contribution in [0.5, 0.6) is 0 Å². The van der Waals surface area contributed by atoms with Crippen LogP contribution in [0.25, 0.3) is 0 Å². The van der Waals surface area contributed by atoms with Gasteiger partial charge in [0.2, 0.25) is 0 Å². The Balaban J connectivity index is 0. The van der Waals surface area contributed by atoms with Gasteiger partial charge in [-0.15, -0.1) is 0 Å². The molecule has 2 N–H and O–H groups in total. The van der Waals surface area contributed by atoms with Crippen molar-refractivity contribution in [2.45, 2.75) is 0 Å². The standard InChI is InChI=1S/Cr.H3O3P/c;1-4(2)3/h;4H,(H2,1,2,3). The Labute approximate surface area is 40.7 Å². The third kappa shape index (κ3) is 72.3. The van der Waals surface area contributed by atoms with Crippen molar-refractivity contribution in [2.75, 3.05) is 0 Å². The van der Waals surface area contributed by atoms with Crippen LogP contribution < -0.4 is 0 Å². The van der Waals surface area contributed by atoms with Gasteiger partial charge in [0.15, 0.2) is 0 Å². The van der Waals surface area contributed by atoms with Crippen molar-refractivity contribution in [3.63, 3.8) is 0 Å². The Bertz CT molecular complexity index is 29.9. The van der Waals surface area contributed by atoms with Crippen LogP contribution in [-0.4, -0.2) is 9.79 Å². The average Bonchev–Trinajstić information content (AvgIpc) is 0.811. The largest absolute Gasteiger partial charge is 0.326 e. The van der Waals surface area contributed by atoms with Crippen LogP contribution in [0, 0.1) is 0 Å². The van der Waals surface area contributed by atoms with Gasteiger partial charge in [-0.2, -0.15) is 0 Å². The number of hydrogen-bond donors (Lipinski definition) is 2. The van der Waals surface area contributed by atoms with Crippen LogP contribution in [0.1, 0.15) is 0 Å². The van der Waals surface area contributed by atoms with Crippen molar-refractivity contribution in [1.82, 2.24) is 0 Å². The Morgan fingerprint density at radius 3 is 1.40 bits per heavy atom. The second kappa shape index (κ2) is 4.68. The Kier molecular flexibility index (Phi) is 8.60. The van der Waals surface area contributed by atoms with Crippen molar-refractivity contribution in [3.8, 4) is 0 Å². The smallest absolute Gasteiger partial charge is 0.314 e. The van der Waals surface area contributed by atoms with Crippen molar-refractivity contribution in [1.29, 1.82) is 0 Å². The van der Waals surface area contributed by atoms with E-state index in [4.69, 9.17) is 14.4 Å². The fourth-order valence-electron chi connectivity index (χ4n) is 0. The molecule has 5 heteroatoms. The van der Waals surface area contributed by atoms with Crippen LogP contribution in [-0.2, 0) is 21.9 Å². The van der Waals surface area contributed by atoms with Crippen LogP contribution in [0.15, 0.2) is 0 Å². The summed E-state index contributed by atoms with van der Waals surface area (Å²) in [4.78, 5) is 14.3. The van der Waals surface area contributed by atoms with E-state index in [-0.39, 0.29) is 17.4 Å². The Hall–Kier alpha value is 0.682. The van der Waals surface area contributed by atoms with Gasteiger partial charge >= 0.3 is 8.25 Å². The molecule has 0 saturated heterocycles. The summed E-state index contributed by atoms with van der Waals surface area (Å²) in [6, 6.07) is 0. The molecule has 0 amide bonds. The molecule has 0 aromatic carbocycles. The first-order valence-electron chi connectivity index (χ1n) is 0.651. The fourth-order valence-corrected chi connectivity index (χ4v) is 0. The molecule has 0 bridgehead atoms. The molecule has 0 heterocycles. The van der Waals surface area contributed by atoms with Crippen LogP contribution in [0.4, 0.5) is 0 Å². The summed E-state index contributed by atoms with van der Waals surface area (Å²) >= 11 is 0. The Morgan fingerprint density at radius 2 is 1.40 bits per heavy atom. The monoisotopic (exact) mass is 134 g/mol. The van der Waals surface area contributed by atoms with E-state index in [9.17, 15) is 0 Å². The van der Waals surface area contributed by atoms with Crippen LogP contribution in [0.3, 0.4) is 0 Å². The Morgan fingerprint density at radius 1 is 1.40 bits per heavy atom. The summed E-state index contributed by atoms with van der Waals surface area (Å²) in [5.74, 6) is 0. The molecular weight excluding hydrogens is 131 g/mol. The summed E-state index contributed by atoms with van der Waals surface area (Å²) in [6.07, 6.45) is 0. The molecule has 0 aromatic heterocycles. The van der Waals surface area contributed by atoms with E-state index < -0.39 is 8.25 Å². The topological polar surface area (TPSA) is 57.5 Å². The first-order valence-corrected chi connectivity index (χ1v) is 1.95. The zero-order valence-corrected chi connectivity index (χ0v) is 4.49. The van der Waals surface area contributed by atoms with Gasteiger partial charge in [-0.3, -0.25) is 4.57 Å². The molecule has 32 valence electrons. The fraction of sp³-hybridized carbons (Fsp3) is 0. The van der Waals surface area contributed by atoms with Crippen molar-refractivity contribution >= 4 is 8.25 Å². The summed E-state index contributed by atoms with van der Waals surface area (Å²) in [6.45, 7) is 0. The van der Waals surface area contributed by atoms with E-state index in [1.165, 1.54) is 0 Å². The molecule has 0 atom stereocenters. The predicted octanol–water partition coefficient (Wildman–Crippen LogP) is -0.642. The van der Waals surface area contributed by atoms with Gasteiger partial charge in [-0.25, -0.2) is 0 Å². The van der Waals surface area contributed by atoms with E-state index in [1.54, 1.807) is 0 Å². The van der Waals surface area contributed by atoms with Gasteiger partial charge in [0, 0.05) is 17.4 Å². The molecule has 3 nitrogen and oxygen atoms in total. The molecule has 0 aliphatic heterocycles. The van der Waals surface area contributed by atoms with Gasteiger partial charge in [0.25, 0.3) is 0 Å². The van der Waals surface area contributed by atoms with E-state index in [0.717, 1.165) is 0 Å². The van der Waals surface area contributed by atoms with E-state index in [1.807, 2.05) is 0 Å². The minimum absolute atomic E-state index is 0. The molecule has 0 rings (SSSR count). The average molecular weight is 134 g/mol. The molecule has 0 aliphatic rings. The maximum Gasteiger partial charge on any atom is 0.314 e. The van der Waals surface area contributed by atoms with Crippen molar-refractivity contribution < 1.29 is 31.7 Å². The molecule has 0 spiro atoms. The summed E-state index contributed by atoms with van der Waals surface area (Å²) < 4.78 is 8.74. The van der Waals surface area contributed by atoms with Gasteiger partial charge in [0.1, 0.15) is 0 Å². The van der Waals surface area contributed by atoms with Crippen molar-refractivity contribution in [3.05, 3.63) is 0 Å². The quantitative estimate of drug-likeness (QED) is 0.433. The van der Waals surface area contributed by atoms with Crippen molar-refractivity contribution in [2.24, 2.45) is 0 Å². The third-order valence-corrected chi connectivity index (χ3v) is 0. The predicted molar refractivity (Wildman–Crippen MR) is 13.4 cm³/mol. The number of rotatable bonds is 0. The maximum atomic E-state index is 8.74. The van der Waals surface area contributed by atoms with E-state index in [2.05, 4.69) is 0 Å². The molecule has 0 radical (unpaired) electrons. The maximum absolute atomic E-state index is 8.74. The third-order valence-electron chi connectivity index (χ3n) is 0. The zero-order valence-electron chi connectivity index (χ0n) is 2.21. The van der Waals surface area contributed by atoms with E-state index >= 15 is 0 Å². The molecular formula is H3CrO3P. The molecule has 0 unspecified atom stereocenters. The second-order valence-corrected chi connectivity index (χ2v) is 0.848. The minimum atomic E-state index is -3.13. The van der Waals surface area contributed by atoms with Gasteiger partial charge in [0.05, 0.1) is 0 Å². The zero-order chi connectivity index (χ0) is 3.58. The molecule has 0 aliphatic carbocycles. The molecule has 5 heavy (non-hydrogen) atoms. The minimum Gasteiger partial charge on any atom is -0.326 e. The van der Waals surface area contributed by atoms with Gasteiger partial charge in [-0.1, -0.05) is 0 Å². The molecule has 0 aromatic rings. The van der Waals surface area contributed by atoms with Gasteiger partial charge in [-0.05, 0) is 0 Å². The van der Waals surface area contributed by atoms with Crippen LogP contribution >= 0.6 is 8.25 Å². The van der Waals surface area contributed by atoms with E-state index in [0.29, 0.717) is 0 Å². The summed E-state index contributed by atoms with van der Waals surface area (Å²) in [7, 11) is -3.13. The first kappa shape index (κ1) is 9.19. The summed E-state index contributed by atoms with van der Waals surface area (Å²) in [5, 5.41) is 0. The molecule has 0 fully saturated rings. The summed E-state index contributed by atoms with van der Waals surface area (Å²) in [5.41, 5.74) is 0. The first-order chi connectivity index (χ1) is 1.73.